The highest BCUT2D eigenvalue weighted by Gasteiger charge is 2.28. The number of likely N-dealkylation sites (tertiary alicyclic amines) is 1. The summed E-state index contributed by atoms with van der Waals surface area (Å²) >= 11 is 1.92. The third kappa shape index (κ3) is 3.32. The second kappa shape index (κ2) is 7.93. The van der Waals surface area contributed by atoms with E-state index in [1.165, 1.54) is 70.1 Å². The molecule has 0 amide bonds. The lowest BCUT2D eigenvalue weighted by Gasteiger charge is -2.26. The van der Waals surface area contributed by atoms with Crippen molar-refractivity contribution in [3.05, 3.63) is 70.7 Å². The van der Waals surface area contributed by atoms with Gasteiger partial charge in [-0.15, -0.1) is 11.3 Å². The summed E-state index contributed by atoms with van der Waals surface area (Å²) in [6, 6.07) is 18.0. The molecule has 1 aliphatic heterocycles. The molecule has 0 radical (unpaired) electrons. The fourth-order valence-electron chi connectivity index (χ4n) is 5.51. The Morgan fingerprint density at radius 2 is 1.79 bits per heavy atom. The zero-order valence-corrected chi connectivity index (χ0v) is 20.2. The highest BCUT2D eigenvalue weighted by Crippen LogP contribution is 2.46. The van der Waals surface area contributed by atoms with E-state index in [0.29, 0.717) is 0 Å². The molecule has 7 rings (SSSR count). The van der Waals surface area contributed by atoms with Gasteiger partial charge in [-0.1, -0.05) is 42.8 Å². The van der Waals surface area contributed by atoms with Gasteiger partial charge >= 0.3 is 0 Å². The van der Waals surface area contributed by atoms with Gasteiger partial charge in [0.1, 0.15) is 0 Å². The lowest BCUT2D eigenvalue weighted by atomic mass is 10.0. The van der Waals surface area contributed by atoms with Crippen molar-refractivity contribution in [3.8, 4) is 33.0 Å². The minimum atomic E-state index is 0.942. The number of piperidine rings is 1. The van der Waals surface area contributed by atoms with Crippen LogP contribution in [0.5, 0.6) is 0 Å². The number of thiophene rings is 1. The summed E-state index contributed by atoms with van der Waals surface area (Å²) in [6.07, 6.45) is 6.92. The van der Waals surface area contributed by atoms with Crippen LogP contribution in [0.1, 0.15) is 35.3 Å². The third-order valence-electron chi connectivity index (χ3n) is 7.40. The molecule has 2 aromatic carbocycles. The molecule has 2 aliphatic rings. The number of hydrogen-bond acceptors (Lipinski definition) is 4. The molecule has 0 atom stereocenters. The van der Waals surface area contributed by atoms with Crippen LogP contribution < -0.4 is 0 Å². The van der Waals surface area contributed by atoms with Crippen LogP contribution in [0.4, 0.5) is 0 Å². The van der Waals surface area contributed by atoms with Crippen LogP contribution in [0, 0.1) is 0 Å². The Hall–Kier alpha value is -3.22. The van der Waals surface area contributed by atoms with Gasteiger partial charge in [-0.25, -0.2) is 0 Å². The SMILES string of the molecule is Cn1ncc2ccc(-c3n[nH]c4c3Cc3sc(-c5ccc(CN6CCCCC6)cc5)cc3-4)cc21. The van der Waals surface area contributed by atoms with E-state index in [2.05, 4.69) is 63.6 Å². The Kier molecular flexibility index (Phi) is 4.71. The molecule has 34 heavy (non-hydrogen) atoms. The fourth-order valence-corrected chi connectivity index (χ4v) is 6.70. The average Bonchev–Trinajstić information content (AvgIpc) is 3.62. The molecule has 5 nitrogen and oxygen atoms in total. The molecule has 1 saturated heterocycles. The second-order valence-electron chi connectivity index (χ2n) is 9.63. The first-order valence-corrected chi connectivity index (χ1v) is 13.0. The molecule has 0 spiro atoms. The monoisotopic (exact) mass is 465 g/mol. The van der Waals surface area contributed by atoms with Gasteiger partial charge < -0.3 is 0 Å². The Morgan fingerprint density at radius 3 is 2.65 bits per heavy atom. The number of aromatic nitrogens is 4. The van der Waals surface area contributed by atoms with E-state index < -0.39 is 0 Å². The summed E-state index contributed by atoms with van der Waals surface area (Å²) in [6.45, 7) is 3.56. The number of hydrogen-bond donors (Lipinski definition) is 1. The molecule has 0 saturated carbocycles. The zero-order chi connectivity index (χ0) is 22.6. The number of nitrogens with one attached hydrogen (secondary N) is 1. The molecular weight excluding hydrogens is 438 g/mol. The summed E-state index contributed by atoms with van der Waals surface area (Å²) in [5.41, 5.74) is 9.87. The molecule has 3 aromatic heterocycles. The molecule has 5 aromatic rings. The van der Waals surface area contributed by atoms with Gasteiger partial charge in [0.2, 0.25) is 0 Å². The summed E-state index contributed by atoms with van der Waals surface area (Å²) < 4.78 is 1.92. The van der Waals surface area contributed by atoms with E-state index in [9.17, 15) is 0 Å². The van der Waals surface area contributed by atoms with Gasteiger partial charge in [-0.05, 0) is 49.2 Å². The summed E-state index contributed by atoms with van der Waals surface area (Å²) in [5.74, 6) is 0. The van der Waals surface area contributed by atoms with Gasteiger partial charge in [0.05, 0.1) is 23.1 Å². The number of aryl methyl sites for hydroxylation is 1. The van der Waals surface area contributed by atoms with Crippen molar-refractivity contribution in [1.29, 1.82) is 0 Å². The van der Waals surface area contributed by atoms with Crippen LogP contribution >= 0.6 is 11.3 Å². The van der Waals surface area contributed by atoms with Crippen LogP contribution in [0.15, 0.2) is 54.7 Å². The summed E-state index contributed by atoms with van der Waals surface area (Å²) in [7, 11) is 1.99. The van der Waals surface area contributed by atoms with Gasteiger partial charge in [0.25, 0.3) is 0 Å². The molecule has 1 fully saturated rings. The first-order valence-electron chi connectivity index (χ1n) is 12.2. The van der Waals surface area contributed by atoms with Crippen molar-refractivity contribution in [2.75, 3.05) is 13.1 Å². The predicted octanol–water partition coefficient (Wildman–Crippen LogP) is 6.25. The van der Waals surface area contributed by atoms with Crippen molar-refractivity contribution in [2.45, 2.75) is 32.2 Å². The molecule has 6 heteroatoms. The molecule has 0 bridgehead atoms. The highest BCUT2D eigenvalue weighted by atomic mass is 32.1. The van der Waals surface area contributed by atoms with Gasteiger partial charge in [-0.3, -0.25) is 14.7 Å². The smallest absolute Gasteiger partial charge is 0.0963 e. The predicted molar refractivity (Wildman–Crippen MR) is 139 cm³/mol. The van der Waals surface area contributed by atoms with Crippen LogP contribution in [0.3, 0.4) is 0 Å². The number of aromatic amines is 1. The summed E-state index contributed by atoms with van der Waals surface area (Å²) in [5, 5.41) is 13.6. The average molecular weight is 466 g/mol. The molecule has 1 N–H and O–H groups in total. The van der Waals surface area contributed by atoms with Gasteiger partial charge in [0, 0.05) is 51.8 Å². The number of fused-ring (bicyclic) bond motifs is 4. The number of rotatable bonds is 4. The Bertz CT molecular complexity index is 1500. The molecule has 0 unspecified atom stereocenters. The van der Waals surface area contributed by atoms with Crippen molar-refractivity contribution in [2.24, 2.45) is 7.05 Å². The number of nitrogens with zero attached hydrogens (tertiary/aromatic N) is 4. The van der Waals surface area contributed by atoms with Crippen molar-refractivity contribution < 1.29 is 0 Å². The summed E-state index contributed by atoms with van der Waals surface area (Å²) in [4.78, 5) is 5.35. The van der Waals surface area contributed by atoms with Crippen molar-refractivity contribution in [1.82, 2.24) is 24.9 Å². The third-order valence-corrected chi connectivity index (χ3v) is 8.58. The Labute approximate surface area is 203 Å². The van der Waals surface area contributed by atoms with Crippen LogP contribution in [-0.4, -0.2) is 38.0 Å². The lowest BCUT2D eigenvalue weighted by Crippen LogP contribution is -2.28. The standard InChI is InChI=1S/C28H27N5S/c1-32-24-13-20(9-10-21(24)16-29-32)27-23-15-26-22(28(23)31-30-27)14-25(34-26)19-7-5-18(6-8-19)17-33-11-3-2-4-12-33/h5-10,13-14,16H,2-4,11-12,15,17H2,1H3,(H,30,31). The van der Waals surface area contributed by atoms with E-state index in [0.717, 1.165) is 35.1 Å². The van der Waals surface area contributed by atoms with Gasteiger partial charge in [0.15, 0.2) is 0 Å². The highest BCUT2D eigenvalue weighted by molar-refractivity contribution is 7.16. The zero-order valence-electron chi connectivity index (χ0n) is 19.3. The van der Waals surface area contributed by atoms with E-state index in [1.54, 1.807) is 0 Å². The fraction of sp³-hybridized carbons (Fsp3) is 0.286. The van der Waals surface area contributed by atoms with Crippen molar-refractivity contribution in [3.63, 3.8) is 0 Å². The number of benzene rings is 2. The van der Waals surface area contributed by atoms with E-state index >= 15 is 0 Å². The molecule has 170 valence electrons. The quantitative estimate of drug-likeness (QED) is 0.335. The maximum absolute atomic E-state index is 4.72. The lowest BCUT2D eigenvalue weighted by molar-refractivity contribution is 0.221. The molecular formula is C28H27N5S. The largest absolute Gasteiger partial charge is 0.299 e. The first-order chi connectivity index (χ1) is 16.7. The molecule has 1 aliphatic carbocycles. The van der Waals surface area contributed by atoms with Crippen molar-refractivity contribution >= 4 is 22.2 Å². The number of H-pyrrole nitrogens is 1. The topological polar surface area (TPSA) is 49.7 Å². The van der Waals surface area contributed by atoms with E-state index in [4.69, 9.17) is 5.10 Å². The maximum Gasteiger partial charge on any atom is 0.0963 e. The minimum absolute atomic E-state index is 0.942. The van der Waals surface area contributed by atoms with Crippen LogP contribution in [-0.2, 0) is 20.0 Å². The van der Waals surface area contributed by atoms with E-state index in [-0.39, 0.29) is 0 Å². The van der Waals surface area contributed by atoms with E-state index in [1.807, 2.05) is 29.3 Å². The first kappa shape index (κ1) is 20.2. The molecule has 4 heterocycles. The second-order valence-corrected chi connectivity index (χ2v) is 10.8. The normalized spacial score (nSPS) is 15.7. The maximum atomic E-state index is 4.72. The minimum Gasteiger partial charge on any atom is -0.299 e. The Morgan fingerprint density at radius 1 is 0.971 bits per heavy atom. The van der Waals surface area contributed by atoms with Gasteiger partial charge in [-0.2, -0.15) is 10.2 Å². The van der Waals surface area contributed by atoms with Crippen LogP contribution in [0.2, 0.25) is 0 Å². The van der Waals surface area contributed by atoms with Crippen LogP contribution in [0.25, 0.3) is 43.9 Å². The Balaban J connectivity index is 1.15.